The lowest BCUT2D eigenvalue weighted by Crippen LogP contribution is -2.53. The lowest BCUT2D eigenvalue weighted by atomic mass is 9.64. The van der Waals surface area contributed by atoms with Gasteiger partial charge in [0.2, 0.25) is 0 Å². The van der Waals surface area contributed by atoms with Gasteiger partial charge in [-0.3, -0.25) is 4.90 Å². The number of hydrogen-bond donors (Lipinski definition) is 2. The zero-order chi connectivity index (χ0) is 15.4. The monoisotopic (exact) mass is 324 g/mol. The molecule has 0 aliphatic carbocycles. The Labute approximate surface area is 137 Å². The second-order valence-electron chi connectivity index (χ2n) is 6.92. The van der Waals surface area contributed by atoms with Gasteiger partial charge < -0.3 is 15.1 Å². The number of thiophene rings is 1. The van der Waals surface area contributed by atoms with Crippen molar-refractivity contribution >= 4 is 11.3 Å². The fourth-order valence-corrected chi connectivity index (χ4v) is 4.90. The third-order valence-electron chi connectivity index (χ3n) is 5.75. The first-order valence-electron chi connectivity index (χ1n) is 8.43. The van der Waals surface area contributed by atoms with Crippen molar-refractivity contribution in [3.05, 3.63) is 22.4 Å². The topological polar surface area (TPSA) is 46.9 Å². The van der Waals surface area contributed by atoms with Crippen LogP contribution >= 0.6 is 11.3 Å². The van der Waals surface area contributed by atoms with Gasteiger partial charge >= 0.3 is 0 Å². The molecule has 0 amide bonds. The Morgan fingerprint density at radius 1 is 1.14 bits per heavy atom. The second-order valence-corrected chi connectivity index (χ2v) is 7.70. The van der Waals surface area contributed by atoms with Gasteiger partial charge in [0.25, 0.3) is 0 Å². The molecule has 4 nitrogen and oxygen atoms in total. The minimum atomic E-state index is 0.255. The van der Waals surface area contributed by atoms with Crippen LogP contribution in [0.4, 0.5) is 0 Å². The highest BCUT2D eigenvalue weighted by Gasteiger charge is 2.44. The number of aliphatic hydroxyl groups is 2. The Morgan fingerprint density at radius 3 is 2.45 bits per heavy atom. The van der Waals surface area contributed by atoms with Crippen molar-refractivity contribution in [3.8, 4) is 0 Å². The molecule has 3 rings (SSSR count). The smallest absolute Gasteiger partial charge is 0.0558 e. The van der Waals surface area contributed by atoms with Crippen LogP contribution in [0.1, 0.15) is 24.8 Å². The number of piperidine rings is 2. The molecular weight excluding hydrogens is 296 g/mol. The van der Waals surface area contributed by atoms with E-state index in [0.29, 0.717) is 17.9 Å². The number of rotatable bonds is 5. The Bertz CT molecular complexity index is 444. The van der Waals surface area contributed by atoms with E-state index in [1.54, 1.807) is 11.3 Å². The predicted molar refractivity (Wildman–Crippen MR) is 90.0 cm³/mol. The standard InChI is InChI=1S/C17H28N2O2S/c20-9-8-18-5-2-17(3-6-18)4-7-19(12-16(17)13-21)11-15-1-10-22-14-15/h1,10,14,16,20-21H,2-9,11-13H2/t16-/m0/s1. The molecule has 2 saturated heterocycles. The van der Waals surface area contributed by atoms with Crippen molar-refractivity contribution in [3.63, 3.8) is 0 Å². The van der Waals surface area contributed by atoms with Crippen LogP contribution in [0.3, 0.4) is 0 Å². The third kappa shape index (κ3) is 3.54. The molecule has 1 aromatic heterocycles. The van der Waals surface area contributed by atoms with Crippen molar-refractivity contribution in [2.45, 2.75) is 25.8 Å². The molecule has 2 aliphatic heterocycles. The maximum absolute atomic E-state index is 9.94. The summed E-state index contributed by atoms with van der Waals surface area (Å²) >= 11 is 1.76. The van der Waals surface area contributed by atoms with Crippen molar-refractivity contribution in [1.82, 2.24) is 9.80 Å². The molecule has 124 valence electrons. The quantitative estimate of drug-likeness (QED) is 0.864. The van der Waals surface area contributed by atoms with Gasteiger partial charge in [-0.25, -0.2) is 0 Å². The van der Waals surface area contributed by atoms with Gasteiger partial charge in [-0.2, -0.15) is 11.3 Å². The highest BCUT2D eigenvalue weighted by atomic mass is 32.1. The zero-order valence-electron chi connectivity index (χ0n) is 13.3. The van der Waals surface area contributed by atoms with Crippen LogP contribution in [0.15, 0.2) is 16.8 Å². The van der Waals surface area contributed by atoms with E-state index in [9.17, 15) is 5.11 Å². The van der Waals surface area contributed by atoms with Gasteiger partial charge in [-0.1, -0.05) is 0 Å². The zero-order valence-corrected chi connectivity index (χ0v) is 14.1. The van der Waals surface area contributed by atoms with Crippen LogP contribution in [0.25, 0.3) is 0 Å². The van der Waals surface area contributed by atoms with Crippen LogP contribution in [-0.2, 0) is 6.54 Å². The van der Waals surface area contributed by atoms with Gasteiger partial charge in [-0.15, -0.1) is 0 Å². The van der Waals surface area contributed by atoms with E-state index in [1.165, 1.54) is 24.8 Å². The van der Waals surface area contributed by atoms with Gasteiger partial charge in [0.05, 0.1) is 6.61 Å². The highest BCUT2D eigenvalue weighted by Crippen LogP contribution is 2.45. The van der Waals surface area contributed by atoms with E-state index in [0.717, 1.165) is 39.3 Å². The maximum atomic E-state index is 9.94. The largest absolute Gasteiger partial charge is 0.396 e. The van der Waals surface area contributed by atoms with Crippen LogP contribution in [0, 0.1) is 11.3 Å². The minimum absolute atomic E-state index is 0.255. The van der Waals surface area contributed by atoms with Crippen molar-refractivity contribution in [1.29, 1.82) is 0 Å². The molecule has 0 bridgehead atoms. The summed E-state index contributed by atoms with van der Waals surface area (Å²) in [4.78, 5) is 4.87. The molecule has 3 heterocycles. The molecule has 22 heavy (non-hydrogen) atoms. The summed E-state index contributed by atoms with van der Waals surface area (Å²) in [5.41, 5.74) is 1.72. The molecule has 0 aromatic carbocycles. The highest BCUT2D eigenvalue weighted by molar-refractivity contribution is 7.07. The van der Waals surface area contributed by atoms with E-state index in [2.05, 4.69) is 26.6 Å². The molecular formula is C17H28N2O2S. The number of likely N-dealkylation sites (tertiary alicyclic amines) is 2. The number of hydrogen-bond acceptors (Lipinski definition) is 5. The molecule has 0 radical (unpaired) electrons. The van der Waals surface area contributed by atoms with Gasteiger partial charge in [0.1, 0.15) is 0 Å². The molecule has 1 atom stereocenters. The van der Waals surface area contributed by atoms with Crippen LogP contribution < -0.4 is 0 Å². The summed E-state index contributed by atoms with van der Waals surface area (Å²) in [5.74, 6) is 0.399. The van der Waals surface area contributed by atoms with Crippen LogP contribution in [0.2, 0.25) is 0 Å². The maximum Gasteiger partial charge on any atom is 0.0558 e. The molecule has 1 aromatic rings. The average molecular weight is 324 g/mol. The first-order chi connectivity index (χ1) is 10.8. The summed E-state index contributed by atoms with van der Waals surface area (Å²) in [6.07, 6.45) is 3.55. The minimum Gasteiger partial charge on any atom is -0.396 e. The van der Waals surface area contributed by atoms with E-state index in [-0.39, 0.29) is 6.61 Å². The predicted octanol–water partition coefficient (Wildman–Crippen LogP) is 1.64. The Kier molecular flexibility index (Phi) is 5.52. The fraction of sp³-hybridized carbons (Fsp3) is 0.765. The summed E-state index contributed by atoms with van der Waals surface area (Å²) in [5, 5.41) is 23.4. The first-order valence-corrected chi connectivity index (χ1v) is 9.37. The van der Waals surface area contributed by atoms with E-state index in [4.69, 9.17) is 5.11 Å². The Balaban J connectivity index is 1.58. The Morgan fingerprint density at radius 2 is 1.86 bits per heavy atom. The molecule has 5 heteroatoms. The van der Waals surface area contributed by atoms with Crippen LogP contribution in [-0.4, -0.2) is 66.0 Å². The molecule has 2 aliphatic rings. The van der Waals surface area contributed by atoms with E-state index in [1.807, 2.05) is 0 Å². The van der Waals surface area contributed by atoms with Crippen molar-refractivity contribution in [2.24, 2.45) is 11.3 Å². The SMILES string of the molecule is OCCN1CCC2(CC1)CCN(Cc1ccsc1)C[C@H]2CO. The van der Waals surface area contributed by atoms with E-state index >= 15 is 0 Å². The van der Waals surface area contributed by atoms with Gasteiger partial charge in [0.15, 0.2) is 0 Å². The lowest BCUT2D eigenvalue weighted by molar-refractivity contribution is -0.0452. The molecule has 1 spiro atoms. The normalized spacial score (nSPS) is 26.5. The summed E-state index contributed by atoms with van der Waals surface area (Å²) in [6, 6.07) is 2.20. The fourth-order valence-electron chi connectivity index (χ4n) is 4.24. The van der Waals surface area contributed by atoms with E-state index < -0.39 is 0 Å². The summed E-state index contributed by atoms with van der Waals surface area (Å²) in [6.45, 7) is 6.68. The first kappa shape index (κ1) is 16.4. The van der Waals surface area contributed by atoms with Gasteiger partial charge in [0, 0.05) is 32.2 Å². The van der Waals surface area contributed by atoms with Crippen molar-refractivity contribution in [2.75, 3.05) is 45.9 Å². The van der Waals surface area contributed by atoms with Gasteiger partial charge in [-0.05, 0) is 66.7 Å². The second kappa shape index (κ2) is 7.41. The molecule has 0 saturated carbocycles. The molecule has 2 N–H and O–H groups in total. The lowest BCUT2D eigenvalue weighted by Gasteiger charge is -2.51. The van der Waals surface area contributed by atoms with Crippen molar-refractivity contribution < 1.29 is 10.2 Å². The average Bonchev–Trinajstić information content (AvgIpc) is 3.05. The molecule has 0 unspecified atom stereocenters. The summed E-state index contributed by atoms with van der Waals surface area (Å²) in [7, 11) is 0. The molecule has 2 fully saturated rings. The summed E-state index contributed by atoms with van der Waals surface area (Å²) < 4.78 is 0. The number of aliphatic hydroxyl groups excluding tert-OH is 2. The Hall–Kier alpha value is -0.460. The third-order valence-corrected chi connectivity index (χ3v) is 6.48. The van der Waals surface area contributed by atoms with Crippen LogP contribution in [0.5, 0.6) is 0 Å². The number of β-amino-alcohol motifs (C(OH)–C–C–N with tert-alkyl or cyclic N) is 1. The number of nitrogens with zero attached hydrogens (tertiary/aromatic N) is 2.